The lowest BCUT2D eigenvalue weighted by molar-refractivity contribution is 0.305. The molecule has 0 saturated carbocycles. The van der Waals surface area contributed by atoms with Gasteiger partial charge in [0, 0.05) is 24.4 Å². The Morgan fingerprint density at radius 1 is 1.38 bits per heavy atom. The monoisotopic (exact) mass is 306 g/mol. The number of aliphatic hydroxyl groups excluding tert-OH is 1. The van der Waals surface area contributed by atoms with Crippen LogP contribution < -0.4 is 4.72 Å². The van der Waals surface area contributed by atoms with Gasteiger partial charge in [0.25, 0.3) is 0 Å². The Morgan fingerprint density at radius 2 is 2.24 bits per heavy atom. The van der Waals surface area contributed by atoms with E-state index in [1.165, 1.54) is 24.7 Å². The molecule has 0 saturated heterocycles. The van der Waals surface area contributed by atoms with E-state index in [0.29, 0.717) is 17.7 Å². The predicted molar refractivity (Wildman–Crippen MR) is 75.6 cm³/mol. The molecule has 2 aromatic heterocycles. The number of hydrogen-bond acceptors (Lipinski definition) is 5. The number of sulfonamides is 1. The molecule has 7 heteroatoms. The second kappa shape index (κ2) is 7.04. The summed E-state index contributed by atoms with van der Waals surface area (Å²) in [6.07, 6.45) is 4.52. The van der Waals surface area contributed by atoms with Crippen LogP contribution in [0.25, 0.3) is 0 Å². The summed E-state index contributed by atoms with van der Waals surface area (Å²) in [5.41, 5.74) is 0.476. The number of hydrogen-bond donors (Lipinski definition) is 2. The molecular formula is C14H14N2O4S. The van der Waals surface area contributed by atoms with Crippen LogP contribution >= 0.6 is 0 Å². The highest BCUT2D eigenvalue weighted by molar-refractivity contribution is 7.89. The van der Waals surface area contributed by atoms with Gasteiger partial charge in [-0.2, -0.15) is 0 Å². The topological polar surface area (TPSA) is 92.4 Å². The van der Waals surface area contributed by atoms with E-state index in [0.717, 1.165) is 0 Å². The molecule has 0 aliphatic rings. The maximum absolute atomic E-state index is 12.1. The molecule has 0 aliphatic heterocycles. The standard InChI is InChI=1S/C14H14N2O4S/c17-6-2-1-4-12-8-14(11-15-9-12)21(18,19)16-10-13-5-3-7-20-13/h3,5,7-9,11,16-17H,2,6,10H2. The van der Waals surface area contributed by atoms with Crippen LogP contribution in [0.4, 0.5) is 0 Å². The maximum atomic E-state index is 12.1. The van der Waals surface area contributed by atoms with Crippen molar-refractivity contribution in [2.75, 3.05) is 6.61 Å². The summed E-state index contributed by atoms with van der Waals surface area (Å²) < 4.78 is 31.7. The van der Waals surface area contributed by atoms with E-state index in [1.54, 1.807) is 12.1 Å². The molecule has 2 rings (SSSR count). The fourth-order valence-electron chi connectivity index (χ4n) is 1.52. The van der Waals surface area contributed by atoms with Gasteiger partial charge in [-0.1, -0.05) is 11.8 Å². The Labute approximate surface area is 122 Å². The van der Waals surface area contributed by atoms with Crippen LogP contribution in [-0.4, -0.2) is 25.1 Å². The number of furan rings is 1. The molecule has 2 N–H and O–H groups in total. The lowest BCUT2D eigenvalue weighted by Gasteiger charge is -2.05. The van der Waals surface area contributed by atoms with Gasteiger partial charge in [0.1, 0.15) is 10.7 Å². The largest absolute Gasteiger partial charge is 0.468 e. The molecule has 0 unspecified atom stereocenters. The third kappa shape index (κ3) is 4.43. The first-order chi connectivity index (χ1) is 10.1. The van der Waals surface area contributed by atoms with E-state index in [9.17, 15) is 8.42 Å². The zero-order valence-electron chi connectivity index (χ0n) is 11.1. The third-order valence-corrected chi connectivity index (χ3v) is 3.88. The number of rotatable bonds is 5. The highest BCUT2D eigenvalue weighted by Crippen LogP contribution is 2.10. The molecular weight excluding hydrogens is 292 g/mol. The maximum Gasteiger partial charge on any atom is 0.242 e. The zero-order valence-corrected chi connectivity index (χ0v) is 11.9. The van der Waals surface area contributed by atoms with Gasteiger partial charge in [-0.25, -0.2) is 13.1 Å². The van der Waals surface area contributed by atoms with Gasteiger partial charge in [-0.15, -0.1) is 0 Å². The molecule has 6 nitrogen and oxygen atoms in total. The minimum atomic E-state index is -3.68. The highest BCUT2D eigenvalue weighted by Gasteiger charge is 2.15. The molecule has 0 fully saturated rings. The Morgan fingerprint density at radius 3 is 2.95 bits per heavy atom. The van der Waals surface area contributed by atoms with E-state index >= 15 is 0 Å². The molecule has 21 heavy (non-hydrogen) atoms. The summed E-state index contributed by atoms with van der Waals surface area (Å²) in [5, 5.41) is 8.66. The van der Waals surface area contributed by atoms with Gasteiger partial charge < -0.3 is 9.52 Å². The second-order valence-electron chi connectivity index (χ2n) is 4.09. The minimum absolute atomic E-state index is 0.0323. The van der Waals surface area contributed by atoms with Crippen molar-refractivity contribution in [2.45, 2.75) is 17.9 Å². The Balaban J connectivity index is 2.12. The predicted octanol–water partition coefficient (Wildman–Crippen LogP) is 0.887. The van der Waals surface area contributed by atoms with Crippen LogP contribution in [0.15, 0.2) is 46.2 Å². The van der Waals surface area contributed by atoms with Gasteiger partial charge in [0.2, 0.25) is 10.0 Å². The van der Waals surface area contributed by atoms with Crippen LogP contribution in [0.5, 0.6) is 0 Å². The van der Waals surface area contributed by atoms with Gasteiger partial charge in [-0.3, -0.25) is 4.98 Å². The molecule has 0 bridgehead atoms. The fourth-order valence-corrected chi connectivity index (χ4v) is 2.50. The average Bonchev–Trinajstić information content (AvgIpc) is 2.99. The molecule has 0 spiro atoms. The Hall–Kier alpha value is -2.14. The van der Waals surface area contributed by atoms with E-state index < -0.39 is 10.0 Å². The highest BCUT2D eigenvalue weighted by atomic mass is 32.2. The first kappa shape index (κ1) is 15.3. The molecule has 2 heterocycles. The zero-order chi connectivity index (χ0) is 15.1. The number of nitrogens with zero attached hydrogens (tertiary/aromatic N) is 1. The van der Waals surface area contributed by atoms with Gasteiger partial charge in [-0.05, 0) is 18.2 Å². The van der Waals surface area contributed by atoms with Crippen molar-refractivity contribution in [3.63, 3.8) is 0 Å². The number of aromatic nitrogens is 1. The van der Waals surface area contributed by atoms with Crippen molar-refractivity contribution in [2.24, 2.45) is 0 Å². The van der Waals surface area contributed by atoms with Crippen LogP contribution in [0, 0.1) is 11.8 Å². The van der Waals surface area contributed by atoms with Gasteiger partial charge in [0.05, 0.1) is 19.4 Å². The number of aliphatic hydroxyl groups is 1. The normalized spacial score (nSPS) is 10.9. The smallest absolute Gasteiger partial charge is 0.242 e. The van der Waals surface area contributed by atoms with Crippen LogP contribution in [0.3, 0.4) is 0 Å². The lowest BCUT2D eigenvalue weighted by Crippen LogP contribution is -2.23. The number of pyridine rings is 1. The third-order valence-electron chi connectivity index (χ3n) is 2.51. The second-order valence-corrected chi connectivity index (χ2v) is 5.86. The Kier molecular flexibility index (Phi) is 5.11. The van der Waals surface area contributed by atoms with Gasteiger partial charge in [0.15, 0.2) is 0 Å². The van der Waals surface area contributed by atoms with Crippen molar-refractivity contribution in [1.29, 1.82) is 0 Å². The van der Waals surface area contributed by atoms with Crippen molar-refractivity contribution >= 4 is 10.0 Å². The van der Waals surface area contributed by atoms with Crippen LogP contribution in [0.2, 0.25) is 0 Å². The Bertz CT molecular complexity index is 743. The minimum Gasteiger partial charge on any atom is -0.468 e. The summed E-state index contributed by atoms with van der Waals surface area (Å²) in [7, 11) is -3.68. The van der Waals surface area contributed by atoms with Crippen molar-refractivity contribution in [3.05, 3.63) is 48.2 Å². The van der Waals surface area contributed by atoms with Crippen molar-refractivity contribution in [3.8, 4) is 11.8 Å². The quantitative estimate of drug-likeness (QED) is 0.800. The molecule has 0 atom stereocenters. The van der Waals surface area contributed by atoms with Crippen molar-refractivity contribution < 1.29 is 17.9 Å². The molecule has 110 valence electrons. The summed E-state index contributed by atoms with van der Waals surface area (Å²) >= 11 is 0. The van der Waals surface area contributed by atoms with Crippen LogP contribution in [-0.2, 0) is 16.6 Å². The molecule has 0 aromatic carbocycles. The SMILES string of the molecule is O=S(=O)(NCc1ccco1)c1cncc(C#CCCO)c1. The molecule has 0 amide bonds. The average molecular weight is 306 g/mol. The first-order valence-electron chi connectivity index (χ1n) is 6.18. The van der Waals surface area contributed by atoms with Crippen LogP contribution in [0.1, 0.15) is 17.7 Å². The summed E-state index contributed by atoms with van der Waals surface area (Å²) in [6.45, 7) is 0.0267. The van der Waals surface area contributed by atoms with E-state index in [4.69, 9.17) is 9.52 Å². The summed E-state index contributed by atoms with van der Waals surface area (Å²) in [4.78, 5) is 3.90. The van der Waals surface area contributed by atoms with E-state index in [1.807, 2.05) is 0 Å². The fraction of sp³-hybridized carbons (Fsp3) is 0.214. The van der Waals surface area contributed by atoms with Crippen molar-refractivity contribution in [1.82, 2.24) is 9.71 Å². The summed E-state index contributed by atoms with van der Waals surface area (Å²) in [5.74, 6) is 5.98. The molecule has 0 aliphatic carbocycles. The summed E-state index contributed by atoms with van der Waals surface area (Å²) in [6, 6.07) is 4.79. The molecule has 2 aromatic rings. The van der Waals surface area contributed by atoms with Gasteiger partial charge >= 0.3 is 0 Å². The molecule has 0 radical (unpaired) electrons. The number of nitrogens with one attached hydrogen (secondary N) is 1. The van der Waals surface area contributed by atoms with E-state index in [2.05, 4.69) is 21.5 Å². The first-order valence-corrected chi connectivity index (χ1v) is 7.67. The van der Waals surface area contributed by atoms with E-state index in [-0.39, 0.29) is 18.0 Å². The lowest BCUT2D eigenvalue weighted by atomic mass is 10.3.